The maximum Gasteiger partial charge on any atom is 0.416 e. The van der Waals surface area contributed by atoms with Crippen molar-refractivity contribution in [3.8, 4) is 0 Å². The van der Waals surface area contributed by atoms with E-state index in [9.17, 15) is 18.0 Å². The van der Waals surface area contributed by atoms with Crippen molar-refractivity contribution in [2.75, 3.05) is 6.26 Å². The molecule has 19 heavy (non-hydrogen) atoms. The topological polar surface area (TPSA) is 20.3 Å². The molecule has 0 saturated heterocycles. The average Bonchev–Trinajstić information content (AvgIpc) is 2.64. The molecule has 0 bridgehead atoms. The number of carbonyl (C=O) groups is 1. The molecule has 1 aromatic rings. The fourth-order valence-corrected chi connectivity index (χ4v) is 2.88. The second-order valence-corrected chi connectivity index (χ2v) is 6.10. The van der Waals surface area contributed by atoms with Gasteiger partial charge >= 0.3 is 6.18 Å². The molecule has 0 saturated carbocycles. The first-order valence-electron chi connectivity index (χ1n) is 5.76. The SMILES string of the molecule is C=S(C)N1Cc2c(cc(CC)cc2C(F)(F)F)C1=O. The minimum absolute atomic E-state index is 0.00385. The summed E-state index contributed by atoms with van der Waals surface area (Å²) in [5, 5.41) is 0. The summed E-state index contributed by atoms with van der Waals surface area (Å²) >= 11 is 0. The molecule has 0 spiro atoms. The highest BCUT2D eigenvalue weighted by Gasteiger charge is 2.40. The van der Waals surface area contributed by atoms with E-state index in [0.29, 0.717) is 12.0 Å². The van der Waals surface area contributed by atoms with Gasteiger partial charge < -0.3 is 0 Å². The van der Waals surface area contributed by atoms with Crippen molar-refractivity contribution in [2.24, 2.45) is 0 Å². The number of carbonyl (C=O) groups excluding carboxylic acids is 1. The van der Waals surface area contributed by atoms with Crippen molar-refractivity contribution >= 4 is 22.4 Å². The zero-order valence-corrected chi connectivity index (χ0v) is 11.5. The van der Waals surface area contributed by atoms with Crippen LogP contribution in [-0.2, 0) is 19.1 Å². The van der Waals surface area contributed by atoms with Crippen molar-refractivity contribution in [3.05, 3.63) is 34.4 Å². The normalized spacial score (nSPS) is 16.7. The summed E-state index contributed by atoms with van der Waals surface area (Å²) in [6, 6.07) is 2.71. The van der Waals surface area contributed by atoms with Crippen LogP contribution in [0.25, 0.3) is 0 Å². The Kier molecular flexibility index (Phi) is 3.47. The minimum atomic E-state index is -4.43. The number of rotatable bonds is 2. The van der Waals surface area contributed by atoms with E-state index in [1.54, 1.807) is 19.2 Å². The van der Waals surface area contributed by atoms with Gasteiger partial charge in [-0.25, -0.2) is 0 Å². The molecule has 2 nitrogen and oxygen atoms in total. The largest absolute Gasteiger partial charge is 0.416 e. The van der Waals surface area contributed by atoms with E-state index >= 15 is 0 Å². The van der Waals surface area contributed by atoms with Gasteiger partial charge in [-0.3, -0.25) is 9.10 Å². The molecule has 6 heteroatoms. The van der Waals surface area contributed by atoms with E-state index in [0.717, 1.165) is 6.07 Å². The summed E-state index contributed by atoms with van der Waals surface area (Å²) < 4.78 is 40.6. The Bertz CT molecular complexity index is 566. The standard InChI is InChI=1S/C13H14F3NOS/c1-4-8-5-9-10(11(6-8)13(14,15)16)7-17(12(9)18)19(2)3/h5-6H,2,4,7H2,1,3H3. The van der Waals surface area contributed by atoms with Crippen molar-refractivity contribution in [2.45, 2.75) is 26.1 Å². The Balaban J connectivity index is 2.63. The van der Waals surface area contributed by atoms with Crippen molar-refractivity contribution in [1.29, 1.82) is 0 Å². The highest BCUT2D eigenvalue weighted by atomic mass is 32.2. The lowest BCUT2D eigenvalue weighted by Gasteiger charge is -2.16. The van der Waals surface area contributed by atoms with Crippen LogP contribution in [0.5, 0.6) is 0 Å². The molecule has 0 fully saturated rings. The number of benzene rings is 1. The highest BCUT2D eigenvalue weighted by Crippen LogP contribution is 2.40. The molecule has 1 aromatic carbocycles. The Morgan fingerprint density at radius 1 is 1.42 bits per heavy atom. The lowest BCUT2D eigenvalue weighted by Crippen LogP contribution is -2.16. The second-order valence-electron chi connectivity index (χ2n) is 4.46. The average molecular weight is 289 g/mol. The maximum atomic E-state index is 13.1. The summed E-state index contributed by atoms with van der Waals surface area (Å²) in [6.45, 7) is 1.76. The van der Waals surface area contributed by atoms with Gasteiger partial charge in [0.05, 0.1) is 12.1 Å². The van der Waals surface area contributed by atoms with Gasteiger partial charge in [-0.1, -0.05) is 12.8 Å². The van der Waals surface area contributed by atoms with E-state index in [1.807, 2.05) is 0 Å². The van der Waals surface area contributed by atoms with Gasteiger partial charge in [0, 0.05) is 5.56 Å². The number of hydrogen-bond acceptors (Lipinski definition) is 1. The summed E-state index contributed by atoms with van der Waals surface area (Å²) in [5.41, 5.74) is 0.0943. The zero-order valence-electron chi connectivity index (χ0n) is 10.7. The molecule has 1 atom stereocenters. The summed E-state index contributed by atoms with van der Waals surface area (Å²) in [5.74, 6) is 3.39. The molecule has 1 aliphatic heterocycles. The second kappa shape index (κ2) is 4.67. The first kappa shape index (κ1) is 14.1. The third kappa shape index (κ3) is 2.41. The summed E-state index contributed by atoms with van der Waals surface area (Å²) in [7, 11) is -0.624. The van der Waals surface area contributed by atoms with Crippen LogP contribution >= 0.6 is 10.7 Å². The number of nitrogens with zero attached hydrogens (tertiary/aromatic N) is 1. The highest BCUT2D eigenvalue weighted by molar-refractivity contribution is 8.11. The van der Waals surface area contributed by atoms with Crippen LogP contribution in [0.3, 0.4) is 0 Å². The van der Waals surface area contributed by atoms with Crippen LogP contribution in [0.1, 0.15) is 34.0 Å². The Morgan fingerprint density at radius 3 is 2.53 bits per heavy atom. The monoisotopic (exact) mass is 289 g/mol. The molecule has 2 rings (SSSR count). The van der Waals surface area contributed by atoms with Gasteiger partial charge in [0.1, 0.15) is 0 Å². The number of fused-ring (bicyclic) bond motifs is 1. The molecule has 1 aliphatic rings. The van der Waals surface area contributed by atoms with Crippen molar-refractivity contribution in [3.63, 3.8) is 0 Å². The van der Waals surface area contributed by atoms with Gasteiger partial charge in [-0.05, 0) is 35.9 Å². The third-order valence-electron chi connectivity index (χ3n) is 3.16. The summed E-state index contributed by atoms with van der Waals surface area (Å²) in [4.78, 5) is 12.1. The molecule has 1 amide bonds. The summed E-state index contributed by atoms with van der Waals surface area (Å²) in [6.07, 6.45) is -2.25. The first-order valence-corrected chi connectivity index (χ1v) is 7.52. The van der Waals surface area contributed by atoms with Crippen LogP contribution in [-0.4, -0.2) is 22.3 Å². The zero-order chi connectivity index (χ0) is 14.4. The smallest absolute Gasteiger partial charge is 0.285 e. The predicted octanol–water partition coefficient (Wildman–Crippen LogP) is 3.47. The fraction of sp³-hybridized carbons (Fsp3) is 0.385. The molecule has 104 valence electrons. The molecule has 0 radical (unpaired) electrons. The third-order valence-corrected chi connectivity index (χ3v) is 4.21. The van der Waals surface area contributed by atoms with E-state index in [4.69, 9.17) is 0 Å². The van der Waals surface area contributed by atoms with Crippen molar-refractivity contribution in [1.82, 2.24) is 4.31 Å². The quantitative estimate of drug-likeness (QED) is 0.763. The fourth-order valence-electron chi connectivity index (χ4n) is 2.15. The number of alkyl halides is 3. The molecule has 0 aromatic heterocycles. The lowest BCUT2D eigenvalue weighted by atomic mass is 9.98. The number of amides is 1. The Morgan fingerprint density at radius 2 is 2.05 bits per heavy atom. The minimum Gasteiger partial charge on any atom is -0.285 e. The lowest BCUT2D eigenvalue weighted by molar-refractivity contribution is -0.138. The number of hydrogen-bond donors (Lipinski definition) is 0. The first-order chi connectivity index (χ1) is 8.75. The Hall–Kier alpha value is -1.30. The van der Waals surface area contributed by atoms with Crippen LogP contribution in [0.4, 0.5) is 13.2 Å². The van der Waals surface area contributed by atoms with Crippen LogP contribution < -0.4 is 0 Å². The molecule has 0 aliphatic carbocycles. The maximum absolute atomic E-state index is 13.1. The van der Waals surface area contributed by atoms with Crippen LogP contribution in [0.15, 0.2) is 12.1 Å². The number of halogens is 3. The molecule has 1 unspecified atom stereocenters. The van der Waals surface area contributed by atoms with Gasteiger partial charge in [-0.2, -0.15) is 13.2 Å². The van der Waals surface area contributed by atoms with Gasteiger partial charge in [0.15, 0.2) is 0 Å². The predicted molar refractivity (Wildman–Crippen MR) is 71.3 cm³/mol. The van der Waals surface area contributed by atoms with Crippen molar-refractivity contribution < 1.29 is 18.0 Å². The van der Waals surface area contributed by atoms with Crippen LogP contribution in [0.2, 0.25) is 0 Å². The van der Waals surface area contributed by atoms with Gasteiger partial charge in [0.25, 0.3) is 5.91 Å². The van der Waals surface area contributed by atoms with E-state index in [-0.39, 0.29) is 23.6 Å². The van der Waals surface area contributed by atoms with Crippen LogP contribution in [0, 0.1) is 0 Å². The Labute approximate surface area is 112 Å². The molecular formula is C13H14F3NOS. The van der Waals surface area contributed by atoms with E-state index < -0.39 is 22.4 Å². The van der Waals surface area contributed by atoms with Gasteiger partial charge in [0.2, 0.25) is 0 Å². The van der Waals surface area contributed by atoms with E-state index in [2.05, 4.69) is 5.87 Å². The molecular weight excluding hydrogens is 275 g/mol. The van der Waals surface area contributed by atoms with E-state index in [1.165, 1.54) is 4.31 Å². The molecule has 1 heterocycles. The molecule has 0 N–H and O–H groups in total. The number of aryl methyl sites for hydroxylation is 1. The van der Waals surface area contributed by atoms with Gasteiger partial charge in [-0.15, -0.1) is 10.7 Å².